The molecule has 132 valence electrons. The third kappa shape index (κ3) is 3.31. The summed E-state index contributed by atoms with van der Waals surface area (Å²) in [6.45, 7) is 0.888. The number of carbonyl (C=O) groups is 1. The summed E-state index contributed by atoms with van der Waals surface area (Å²) in [5.74, 6) is -0.113. The number of nitrogens with zero attached hydrogens (tertiary/aromatic N) is 1. The number of amides is 1. The lowest BCUT2D eigenvalue weighted by atomic mass is 10.1. The van der Waals surface area contributed by atoms with Gasteiger partial charge in [-0.2, -0.15) is 0 Å². The number of benzene rings is 1. The number of sulfonamides is 1. The highest BCUT2D eigenvalue weighted by atomic mass is 32.2. The molecular formula is C17H18N2O3S3. The predicted molar refractivity (Wildman–Crippen MR) is 104 cm³/mol. The molecule has 1 fully saturated rings. The first-order valence-corrected chi connectivity index (χ1v) is 11.6. The lowest BCUT2D eigenvalue weighted by Crippen LogP contribution is -2.49. The molecule has 1 saturated heterocycles. The monoisotopic (exact) mass is 394 g/mol. The van der Waals surface area contributed by atoms with E-state index < -0.39 is 10.0 Å². The van der Waals surface area contributed by atoms with Crippen LogP contribution >= 0.6 is 22.7 Å². The smallest absolute Gasteiger partial charge is 0.261 e. The highest BCUT2D eigenvalue weighted by Crippen LogP contribution is 2.39. The first kappa shape index (κ1) is 17.0. The van der Waals surface area contributed by atoms with Crippen LogP contribution in [0.2, 0.25) is 0 Å². The molecule has 1 atom stereocenters. The van der Waals surface area contributed by atoms with Gasteiger partial charge < -0.3 is 5.32 Å². The van der Waals surface area contributed by atoms with E-state index >= 15 is 0 Å². The Bertz CT molecular complexity index is 1050. The standard InChI is InChI=1S/C17H18N2O3S3/c1-25(21,22)19-8-4-5-11(10-19)18-17(20)15-9-14-16(24-15)12-6-2-3-7-13(12)23-14/h2-3,6-7,9,11H,4-5,8,10H2,1H3,(H,18,20)/t11-/m0/s1. The van der Waals surface area contributed by atoms with Crippen molar-refractivity contribution in [1.82, 2.24) is 9.62 Å². The average Bonchev–Trinajstić information content (AvgIpc) is 3.12. The van der Waals surface area contributed by atoms with Crippen LogP contribution in [-0.2, 0) is 10.0 Å². The van der Waals surface area contributed by atoms with Gasteiger partial charge in [-0.15, -0.1) is 22.7 Å². The quantitative estimate of drug-likeness (QED) is 0.741. The maximum Gasteiger partial charge on any atom is 0.261 e. The lowest BCUT2D eigenvalue weighted by molar-refractivity contribution is 0.0925. The van der Waals surface area contributed by atoms with E-state index in [9.17, 15) is 13.2 Å². The molecule has 0 aliphatic carbocycles. The van der Waals surface area contributed by atoms with Gasteiger partial charge in [-0.1, -0.05) is 18.2 Å². The van der Waals surface area contributed by atoms with Gasteiger partial charge in [0.25, 0.3) is 5.91 Å². The van der Waals surface area contributed by atoms with Crippen molar-refractivity contribution in [3.05, 3.63) is 35.2 Å². The van der Waals surface area contributed by atoms with Gasteiger partial charge in [0.1, 0.15) is 0 Å². The third-order valence-electron chi connectivity index (χ3n) is 4.46. The van der Waals surface area contributed by atoms with E-state index in [1.54, 1.807) is 11.3 Å². The van der Waals surface area contributed by atoms with Crippen LogP contribution < -0.4 is 5.32 Å². The second-order valence-electron chi connectivity index (χ2n) is 6.34. The second kappa shape index (κ2) is 6.35. The molecule has 3 heterocycles. The Kier molecular flexibility index (Phi) is 4.31. The SMILES string of the molecule is CS(=O)(=O)N1CCC[C@H](NC(=O)c2cc3sc4ccccc4c3s2)C1. The summed E-state index contributed by atoms with van der Waals surface area (Å²) in [6, 6.07) is 10.0. The largest absolute Gasteiger partial charge is 0.347 e. The highest BCUT2D eigenvalue weighted by molar-refractivity contribution is 7.88. The molecule has 0 radical (unpaired) electrons. The number of nitrogens with one attached hydrogen (secondary N) is 1. The van der Waals surface area contributed by atoms with Crippen LogP contribution in [0.15, 0.2) is 30.3 Å². The Morgan fingerprint density at radius 3 is 2.84 bits per heavy atom. The van der Waals surface area contributed by atoms with Crippen LogP contribution in [0.5, 0.6) is 0 Å². The zero-order valence-corrected chi connectivity index (χ0v) is 16.1. The fourth-order valence-corrected chi connectivity index (χ4v) is 6.57. The van der Waals surface area contributed by atoms with E-state index in [0.717, 1.165) is 22.2 Å². The Balaban J connectivity index is 1.54. The average molecular weight is 395 g/mol. The van der Waals surface area contributed by atoms with Crippen LogP contribution in [0.4, 0.5) is 0 Å². The van der Waals surface area contributed by atoms with Crippen LogP contribution in [0.25, 0.3) is 19.5 Å². The first-order valence-electron chi connectivity index (χ1n) is 8.09. The van der Waals surface area contributed by atoms with Gasteiger partial charge in [0, 0.05) is 33.9 Å². The molecule has 25 heavy (non-hydrogen) atoms. The third-order valence-corrected chi connectivity index (χ3v) is 8.15. The topological polar surface area (TPSA) is 66.5 Å². The number of piperidine rings is 1. The van der Waals surface area contributed by atoms with Gasteiger partial charge in [-0.3, -0.25) is 4.79 Å². The van der Waals surface area contributed by atoms with Gasteiger partial charge in [0.2, 0.25) is 10.0 Å². The molecule has 5 nitrogen and oxygen atoms in total. The number of hydrogen-bond acceptors (Lipinski definition) is 5. The Morgan fingerprint density at radius 1 is 1.24 bits per heavy atom. The summed E-state index contributed by atoms with van der Waals surface area (Å²) >= 11 is 3.20. The molecule has 0 saturated carbocycles. The van der Waals surface area contributed by atoms with Crippen LogP contribution in [0.1, 0.15) is 22.5 Å². The van der Waals surface area contributed by atoms with Gasteiger partial charge in [-0.05, 0) is 25.0 Å². The van der Waals surface area contributed by atoms with Crippen LogP contribution in [0.3, 0.4) is 0 Å². The van der Waals surface area contributed by atoms with Crippen LogP contribution in [-0.4, -0.2) is 44.0 Å². The van der Waals surface area contributed by atoms with Crippen molar-refractivity contribution in [2.75, 3.05) is 19.3 Å². The molecule has 1 aliphatic rings. The van der Waals surface area contributed by atoms with E-state index in [2.05, 4.69) is 17.4 Å². The van der Waals surface area contributed by atoms with E-state index in [4.69, 9.17) is 0 Å². The van der Waals surface area contributed by atoms with Gasteiger partial charge in [0.15, 0.2) is 0 Å². The fourth-order valence-electron chi connectivity index (χ4n) is 3.23. The number of fused-ring (bicyclic) bond motifs is 3. The zero-order valence-electron chi connectivity index (χ0n) is 13.7. The zero-order chi connectivity index (χ0) is 17.6. The lowest BCUT2D eigenvalue weighted by Gasteiger charge is -2.31. The predicted octanol–water partition coefficient (Wildman–Crippen LogP) is 3.27. The number of rotatable bonds is 3. The molecule has 0 unspecified atom stereocenters. The molecule has 1 aromatic carbocycles. The summed E-state index contributed by atoms with van der Waals surface area (Å²) in [6.07, 6.45) is 2.79. The van der Waals surface area contributed by atoms with Crippen molar-refractivity contribution in [2.24, 2.45) is 0 Å². The molecule has 0 spiro atoms. The van der Waals surface area contributed by atoms with E-state index in [1.165, 1.54) is 32.0 Å². The fraction of sp³-hybridized carbons (Fsp3) is 0.353. The summed E-state index contributed by atoms with van der Waals surface area (Å²) in [4.78, 5) is 13.3. The minimum absolute atomic E-state index is 0.113. The number of thiophene rings is 2. The van der Waals surface area contributed by atoms with E-state index in [0.29, 0.717) is 18.0 Å². The normalized spacial score (nSPS) is 19.5. The van der Waals surface area contributed by atoms with Crippen molar-refractivity contribution in [1.29, 1.82) is 0 Å². The summed E-state index contributed by atoms with van der Waals surface area (Å²) < 4.78 is 28.4. The van der Waals surface area contributed by atoms with Crippen molar-refractivity contribution in [3.63, 3.8) is 0 Å². The molecule has 1 N–H and O–H groups in total. The minimum Gasteiger partial charge on any atom is -0.347 e. The van der Waals surface area contributed by atoms with Crippen molar-refractivity contribution in [3.8, 4) is 0 Å². The summed E-state index contributed by atoms with van der Waals surface area (Å²) in [5, 5.41) is 4.19. The highest BCUT2D eigenvalue weighted by Gasteiger charge is 2.27. The maximum absolute atomic E-state index is 12.6. The Hall–Kier alpha value is -1.48. The van der Waals surface area contributed by atoms with Crippen molar-refractivity contribution < 1.29 is 13.2 Å². The molecule has 3 aromatic rings. The molecule has 0 bridgehead atoms. The van der Waals surface area contributed by atoms with Crippen molar-refractivity contribution in [2.45, 2.75) is 18.9 Å². The number of carbonyl (C=O) groups excluding carboxylic acids is 1. The molecule has 2 aromatic heterocycles. The second-order valence-corrected chi connectivity index (χ2v) is 10.5. The Labute approximate surface area is 154 Å². The van der Waals surface area contributed by atoms with Gasteiger partial charge in [0.05, 0.1) is 15.8 Å². The molecule has 1 aliphatic heterocycles. The van der Waals surface area contributed by atoms with Crippen LogP contribution in [0, 0.1) is 0 Å². The van der Waals surface area contributed by atoms with Crippen molar-refractivity contribution >= 4 is 58.1 Å². The minimum atomic E-state index is -3.21. The molecule has 8 heteroatoms. The van der Waals surface area contributed by atoms with Gasteiger partial charge >= 0.3 is 0 Å². The van der Waals surface area contributed by atoms with Gasteiger partial charge in [-0.25, -0.2) is 12.7 Å². The van der Waals surface area contributed by atoms with E-state index in [-0.39, 0.29) is 11.9 Å². The Morgan fingerprint density at radius 2 is 2.04 bits per heavy atom. The molecule has 1 amide bonds. The molecular weight excluding hydrogens is 376 g/mol. The first-order chi connectivity index (χ1) is 11.9. The summed E-state index contributed by atoms with van der Waals surface area (Å²) in [7, 11) is -3.21. The number of hydrogen-bond donors (Lipinski definition) is 1. The van der Waals surface area contributed by atoms with E-state index in [1.807, 2.05) is 18.2 Å². The maximum atomic E-state index is 12.6. The molecule has 4 rings (SSSR count). The summed E-state index contributed by atoms with van der Waals surface area (Å²) in [5.41, 5.74) is 0.